The highest BCUT2D eigenvalue weighted by Crippen LogP contribution is 2.22. The van der Waals surface area contributed by atoms with E-state index < -0.39 is 5.60 Å². The fourth-order valence-electron chi connectivity index (χ4n) is 2.99. The van der Waals surface area contributed by atoms with Gasteiger partial charge in [0, 0.05) is 37.8 Å². The van der Waals surface area contributed by atoms with Gasteiger partial charge in [-0.1, -0.05) is 0 Å². The quantitative estimate of drug-likeness (QED) is 0.856. The molecule has 2 rings (SSSR count). The molecule has 1 aromatic rings. The van der Waals surface area contributed by atoms with Crippen LogP contribution >= 0.6 is 0 Å². The van der Waals surface area contributed by atoms with E-state index in [2.05, 4.69) is 10.3 Å². The van der Waals surface area contributed by atoms with Gasteiger partial charge in [-0.25, -0.2) is 9.78 Å². The van der Waals surface area contributed by atoms with Gasteiger partial charge in [0.05, 0.1) is 6.04 Å². The molecule has 1 aliphatic heterocycles. The molecule has 8 heteroatoms. The number of carbonyl (C=O) groups excluding carboxylic acids is 3. The lowest BCUT2D eigenvalue weighted by atomic mass is 10.0. The summed E-state index contributed by atoms with van der Waals surface area (Å²) in [5.41, 5.74) is -0.122. The number of carbonyl (C=O) groups is 3. The third-order valence-electron chi connectivity index (χ3n) is 4.46. The Bertz CT molecular complexity index is 729. The smallest absolute Gasteiger partial charge is 0.410 e. The van der Waals surface area contributed by atoms with Gasteiger partial charge in [0.15, 0.2) is 0 Å². The predicted molar refractivity (Wildman–Crippen MR) is 101 cm³/mol. The van der Waals surface area contributed by atoms with Crippen LogP contribution in [0, 0.1) is 0 Å². The average molecular weight is 376 g/mol. The Morgan fingerprint density at radius 3 is 2.33 bits per heavy atom. The van der Waals surface area contributed by atoms with Crippen molar-refractivity contribution < 1.29 is 19.1 Å². The summed E-state index contributed by atoms with van der Waals surface area (Å²) in [5.74, 6) is -0.0753. The zero-order valence-corrected chi connectivity index (χ0v) is 16.8. The molecule has 0 saturated carbocycles. The molecule has 0 radical (unpaired) electrons. The molecule has 0 spiro atoms. The van der Waals surface area contributed by atoms with Gasteiger partial charge in [-0.3, -0.25) is 9.59 Å². The summed E-state index contributed by atoms with van der Waals surface area (Å²) in [7, 11) is 0. The van der Waals surface area contributed by atoms with Crippen LogP contribution in [0.1, 0.15) is 51.9 Å². The van der Waals surface area contributed by atoms with Crippen molar-refractivity contribution in [2.24, 2.45) is 0 Å². The molecular weight excluding hydrogens is 348 g/mol. The number of nitrogens with one attached hydrogen (secondary N) is 1. The number of amides is 3. The summed E-state index contributed by atoms with van der Waals surface area (Å²) >= 11 is 0. The lowest BCUT2D eigenvalue weighted by Crippen LogP contribution is -2.60. The highest BCUT2D eigenvalue weighted by Gasteiger charge is 2.37. The molecule has 8 nitrogen and oxygen atoms in total. The Morgan fingerprint density at radius 1 is 1.15 bits per heavy atom. The van der Waals surface area contributed by atoms with Crippen LogP contribution in [0.2, 0.25) is 0 Å². The normalized spacial score (nSPS) is 20.2. The first-order valence-corrected chi connectivity index (χ1v) is 9.04. The van der Waals surface area contributed by atoms with E-state index in [1.165, 1.54) is 13.1 Å². The number of aromatic nitrogens is 1. The Hall–Kier alpha value is -2.64. The van der Waals surface area contributed by atoms with Gasteiger partial charge in [-0.05, 0) is 46.8 Å². The van der Waals surface area contributed by atoms with Gasteiger partial charge in [0.2, 0.25) is 5.91 Å². The maximum absolute atomic E-state index is 12.9. The lowest BCUT2D eigenvalue weighted by molar-refractivity contribution is -0.114. The van der Waals surface area contributed by atoms with Gasteiger partial charge < -0.3 is 19.9 Å². The summed E-state index contributed by atoms with van der Waals surface area (Å²) in [5, 5.41) is 2.58. The van der Waals surface area contributed by atoms with Crippen molar-refractivity contribution >= 4 is 23.7 Å². The molecule has 1 saturated heterocycles. The second-order valence-electron chi connectivity index (χ2n) is 7.76. The maximum Gasteiger partial charge on any atom is 0.410 e. The number of hydrogen-bond acceptors (Lipinski definition) is 5. The largest absolute Gasteiger partial charge is 0.444 e. The molecule has 1 fully saturated rings. The topological polar surface area (TPSA) is 91.8 Å². The average Bonchev–Trinajstić information content (AvgIpc) is 2.54. The van der Waals surface area contributed by atoms with Gasteiger partial charge in [0.1, 0.15) is 11.4 Å². The van der Waals surface area contributed by atoms with Crippen molar-refractivity contribution in [2.75, 3.05) is 18.4 Å². The summed E-state index contributed by atoms with van der Waals surface area (Å²) in [6.07, 6.45) is 1.12. The lowest BCUT2D eigenvalue weighted by Gasteiger charge is -2.45. The molecule has 0 bridgehead atoms. The van der Waals surface area contributed by atoms with Crippen LogP contribution < -0.4 is 5.32 Å². The molecule has 0 aliphatic carbocycles. The van der Waals surface area contributed by atoms with Crippen LogP contribution in [0.15, 0.2) is 18.3 Å². The summed E-state index contributed by atoms with van der Waals surface area (Å²) in [6, 6.07) is 2.80. The minimum absolute atomic E-state index is 0.160. The molecule has 1 aromatic heterocycles. The fourth-order valence-corrected chi connectivity index (χ4v) is 2.99. The van der Waals surface area contributed by atoms with Crippen molar-refractivity contribution in [1.82, 2.24) is 14.8 Å². The number of piperazine rings is 1. The standard InChI is InChI=1S/C19H28N4O4/c1-12-13(2)23(18(26)27-19(4,5)6)10-9-22(12)17(25)15-7-8-20-16(11-15)21-14(3)24/h7-8,11-13H,9-10H2,1-6H3,(H,20,21,24). The van der Waals surface area contributed by atoms with Gasteiger partial charge in [-0.15, -0.1) is 0 Å². The van der Waals surface area contributed by atoms with E-state index in [1.54, 1.807) is 21.9 Å². The van der Waals surface area contributed by atoms with E-state index in [0.29, 0.717) is 24.5 Å². The number of pyridine rings is 1. The van der Waals surface area contributed by atoms with Crippen molar-refractivity contribution in [3.8, 4) is 0 Å². The van der Waals surface area contributed by atoms with Crippen LogP contribution in [0.25, 0.3) is 0 Å². The highest BCUT2D eigenvalue weighted by atomic mass is 16.6. The second kappa shape index (κ2) is 7.94. The number of hydrogen-bond donors (Lipinski definition) is 1. The predicted octanol–water partition coefficient (Wildman–Crippen LogP) is 2.51. The Balaban J connectivity index is 2.12. The van der Waals surface area contributed by atoms with E-state index in [9.17, 15) is 14.4 Å². The third kappa shape index (κ3) is 5.18. The van der Waals surface area contributed by atoms with Crippen molar-refractivity contribution in [2.45, 2.75) is 59.2 Å². The van der Waals surface area contributed by atoms with E-state index in [4.69, 9.17) is 4.74 Å². The van der Waals surface area contributed by atoms with Crippen LogP contribution in [-0.4, -0.2) is 63.5 Å². The third-order valence-corrected chi connectivity index (χ3v) is 4.46. The molecule has 1 aliphatic rings. The Kier molecular flexibility index (Phi) is 6.08. The molecule has 2 unspecified atom stereocenters. The van der Waals surface area contributed by atoms with E-state index in [1.807, 2.05) is 34.6 Å². The summed E-state index contributed by atoms with van der Waals surface area (Å²) < 4.78 is 5.46. The summed E-state index contributed by atoms with van der Waals surface area (Å²) in [6.45, 7) is 11.5. The molecule has 2 heterocycles. The van der Waals surface area contributed by atoms with E-state index in [0.717, 1.165) is 0 Å². The first-order chi connectivity index (χ1) is 12.5. The highest BCUT2D eigenvalue weighted by molar-refractivity contribution is 5.96. The summed E-state index contributed by atoms with van der Waals surface area (Å²) in [4.78, 5) is 44.0. The van der Waals surface area contributed by atoms with Crippen molar-refractivity contribution in [3.63, 3.8) is 0 Å². The zero-order valence-electron chi connectivity index (χ0n) is 16.8. The van der Waals surface area contributed by atoms with E-state index >= 15 is 0 Å². The molecule has 2 atom stereocenters. The van der Waals surface area contributed by atoms with Crippen LogP contribution in [-0.2, 0) is 9.53 Å². The SMILES string of the molecule is CC(=O)Nc1cc(C(=O)N2CCN(C(=O)OC(C)(C)C)C(C)C2C)ccn1. The first-order valence-electron chi connectivity index (χ1n) is 9.04. The number of ether oxygens (including phenoxy) is 1. The van der Waals surface area contributed by atoms with Crippen LogP contribution in [0.5, 0.6) is 0 Å². The molecule has 148 valence electrons. The number of anilines is 1. The second-order valence-corrected chi connectivity index (χ2v) is 7.76. The molecule has 27 heavy (non-hydrogen) atoms. The zero-order chi connectivity index (χ0) is 20.4. The van der Waals surface area contributed by atoms with Gasteiger partial charge in [0.25, 0.3) is 5.91 Å². The molecule has 0 aromatic carbocycles. The van der Waals surface area contributed by atoms with Crippen molar-refractivity contribution in [1.29, 1.82) is 0 Å². The first kappa shape index (κ1) is 20.7. The number of nitrogens with zero attached hydrogens (tertiary/aromatic N) is 3. The minimum Gasteiger partial charge on any atom is -0.444 e. The Morgan fingerprint density at radius 2 is 1.74 bits per heavy atom. The van der Waals surface area contributed by atoms with Gasteiger partial charge >= 0.3 is 6.09 Å². The molecule has 3 amide bonds. The number of rotatable bonds is 2. The maximum atomic E-state index is 12.9. The van der Waals surface area contributed by atoms with Crippen LogP contribution in [0.3, 0.4) is 0 Å². The molecular formula is C19H28N4O4. The van der Waals surface area contributed by atoms with Crippen molar-refractivity contribution in [3.05, 3.63) is 23.9 Å². The van der Waals surface area contributed by atoms with E-state index in [-0.39, 0.29) is 30.0 Å². The monoisotopic (exact) mass is 376 g/mol. The fraction of sp³-hybridized carbons (Fsp3) is 0.579. The Labute approximate surface area is 159 Å². The van der Waals surface area contributed by atoms with Crippen LogP contribution in [0.4, 0.5) is 10.6 Å². The minimum atomic E-state index is -0.565. The molecule has 1 N–H and O–H groups in total. The van der Waals surface area contributed by atoms with Gasteiger partial charge in [-0.2, -0.15) is 0 Å².